The topological polar surface area (TPSA) is 42.4 Å². The first-order chi connectivity index (χ1) is 8.61. The summed E-state index contributed by atoms with van der Waals surface area (Å²) >= 11 is 0. The van der Waals surface area contributed by atoms with Gasteiger partial charge in [-0.05, 0) is 43.7 Å². The van der Waals surface area contributed by atoms with Gasteiger partial charge in [-0.2, -0.15) is 0 Å². The van der Waals surface area contributed by atoms with Crippen molar-refractivity contribution in [3.05, 3.63) is 47.7 Å². The van der Waals surface area contributed by atoms with Crippen LogP contribution in [0.1, 0.15) is 18.2 Å². The molecular formula is C14H17FN2O. The van der Waals surface area contributed by atoms with Crippen LogP contribution in [0.5, 0.6) is 0 Å². The summed E-state index contributed by atoms with van der Waals surface area (Å²) in [5.41, 5.74) is 7.77. The van der Waals surface area contributed by atoms with Crippen molar-refractivity contribution in [2.45, 2.75) is 20.4 Å². The largest absolute Gasteiger partial charge is 0.467 e. The van der Waals surface area contributed by atoms with E-state index in [1.807, 2.05) is 19.1 Å². The van der Waals surface area contributed by atoms with E-state index in [2.05, 4.69) is 4.90 Å². The summed E-state index contributed by atoms with van der Waals surface area (Å²) in [5, 5.41) is 0. The molecule has 2 aromatic rings. The van der Waals surface area contributed by atoms with Crippen LogP contribution in [0.4, 0.5) is 15.8 Å². The Hall–Kier alpha value is -1.97. The number of benzene rings is 1. The number of aryl methyl sites for hydroxylation is 1. The molecule has 1 aromatic heterocycles. The second-order valence-electron chi connectivity index (χ2n) is 4.25. The van der Waals surface area contributed by atoms with Gasteiger partial charge in [-0.1, -0.05) is 0 Å². The van der Waals surface area contributed by atoms with Crippen molar-refractivity contribution >= 4 is 11.4 Å². The van der Waals surface area contributed by atoms with Gasteiger partial charge in [-0.3, -0.25) is 0 Å². The first-order valence-electron chi connectivity index (χ1n) is 5.94. The van der Waals surface area contributed by atoms with Crippen LogP contribution in [0.2, 0.25) is 0 Å². The van der Waals surface area contributed by atoms with Crippen LogP contribution in [0.15, 0.2) is 34.9 Å². The lowest BCUT2D eigenvalue weighted by Gasteiger charge is -2.24. The molecule has 0 amide bonds. The third kappa shape index (κ3) is 2.47. The van der Waals surface area contributed by atoms with Crippen molar-refractivity contribution < 1.29 is 8.81 Å². The maximum Gasteiger partial charge on any atom is 0.128 e. The Balaban J connectivity index is 2.30. The van der Waals surface area contributed by atoms with Crippen LogP contribution in [-0.2, 0) is 6.54 Å². The summed E-state index contributed by atoms with van der Waals surface area (Å²) < 4.78 is 18.7. The Kier molecular flexibility index (Phi) is 3.55. The van der Waals surface area contributed by atoms with Gasteiger partial charge in [0.2, 0.25) is 0 Å². The fraction of sp³-hybridized carbons (Fsp3) is 0.286. The summed E-state index contributed by atoms with van der Waals surface area (Å²) in [6.45, 7) is 5.16. The number of hydrogen-bond donors (Lipinski definition) is 1. The normalized spacial score (nSPS) is 10.6. The highest BCUT2D eigenvalue weighted by molar-refractivity contribution is 5.68. The Labute approximate surface area is 106 Å². The molecule has 2 rings (SSSR count). The van der Waals surface area contributed by atoms with Gasteiger partial charge in [-0.25, -0.2) is 4.39 Å². The van der Waals surface area contributed by atoms with E-state index >= 15 is 0 Å². The maximum absolute atomic E-state index is 13.4. The standard InChI is InChI=1S/C14H17FN2O/c1-3-17(9-11-5-4-6-18-11)14-7-10(2)12(15)8-13(14)16/h4-8H,3,9,16H2,1-2H3. The molecule has 4 heteroatoms. The minimum Gasteiger partial charge on any atom is -0.467 e. The van der Waals surface area contributed by atoms with Crippen molar-refractivity contribution in [1.82, 2.24) is 0 Å². The molecule has 0 radical (unpaired) electrons. The van der Waals surface area contributed by atoms with E-state index < -0.39 is 0 Å². The third-order valence-corrected chi connectivity index (χ3v) is 2.96. The monoisotopic (exact) mass is 248 g/mol. The molecule has 18 heavy (non-hydrogen) atoms. The van der Waals surface area contributed by atoms with Crippen LogP contribution in [-0.4, -0.2) is 6.54 Å². The highest BCUT2D eigenvalue weighted by Gasteiger charge is 2.12. The lowest BCUT2D eigenvalue weighted by atomic mass is 10.1. The van der Waals surface area contributed by atoms with E-state index in [0.717, 1.165) is 18.0 Å². The molecule has 0 fully saturated rings. The van der Waals surface area contributed by atoms with Crippen LogP contribution in [0.3, 0.4) is 0 Å². The van der Waals surface area contributed by atoms with Crippen molar-refractivity contribution in [2.75, 3.05) is 17.2 Å². The minimum absolute atomic E-state index is 0.273. The summed E-state index contributed by atoms with van der Waals surface area (Å²) in [6, 6.07) is 6.91. The van der Waals surface area contributed by atoms with Gasteiger partial charge in [0, 0.05) is 6.54 Å². The highest BCUT2D eigenvalue weighted by atomic mass is 19.1. The first-order valence-corrected chi connectivity index (χ1v) is 5.94. The Morgan fingerprint density at radius 1 is 1.39 bits per heavy atom. The van der Waals surface area contributed by atoms with E-state index in [9.17, 15) is 4.39 Å². The number of anilines is 2. The van der Waals surface area contributed by atoms with Gasteiger partial charge >= 0.3 is 0 Å². The molecule has 1 heterocycles. The molecule has 0 aliphatic heterocycles. The predicted octanol–water partition coefficient (Wildman–Crippen LogP) is 3.34. The number of nitrogens with two attached hydrogens (primary N) is 1. The fourth-order valence-electron chi connectivity index (χ4n) is 1.91. The predicted molar refractivity (Wildman–Crippen MR) is 71.0 cm³/mol. The Bertz CT molecular complexity index is 523. The zero-order chi connectivity index (χ0) is 13.1. The molecule has 1 aromatic carbocycles. The number of rotatable bonds is 4. The summed E-state index contributed by atoms with van der Waals surface area (Å²) in [5.74, 6) is 0.587. The fourth-order valence-corrected chi connectivity index (χ4v) is 1.91. The quantitative estimate of drug-likeness (QED) is 0.844. The zero-order valence-electron chi connectivity index (χ0n) is 10.6. The number of nitrogen functional groups attached to an aromatic ring is 1. The van der Waals surface area contributed by atoms with Crippen LogP contribution >= 0.6 is 0 Å². The Morgan fingerprint density at radius 2 is 2.17 bits per heavy atom. The van der Waals surface area contributed by atoms with E-state index in [0.29, 0.717) is 17.8 Å². The van der Waals surface area contributed by atoms with Gasteiger partial charge in [0.25, 0.3) is 0 Å². The second kappa shape index (κ2) is 5.12. The molecule has 0 saturated heterocycles. The molecule has 0 bridgehead atoms. The van der Waals surface area contributed by atoms with E-state index in [1.165, 1.54) is 6.07 Å². The first kappa shape index (κ1) is 12.5. The van der Waals surface area contributed by atoms with Crippen LogP contribution in [0.25, 0.3) is 0 Å². The highest BCUT2D eigenvalue weighted by Crippen LogP contribution is 2.27. The molecule has 3 nitrogen and oxygen atoms in total. The molecular weight excluding hydrogens is 231 g/mol. The maximum atomic E-state index is 13.4. The third-order valence-electron chi connectivity index (χ3n) is 2.96. The molecule has 0 saturated carbocycles. The molecule has 0 spiro atoms. The molecule has 2 N–H and O–H groups in total. The SMILES string of the molecule is CCN(Cc1ccco1)c1cc(C)c(F)cc1N. The van der Waals surface area contributed by atoms with Crippen LogP contribution < -0.4 is 10.6 Å². The van der Waals surface area contributed by atoms with Crippen molar-refractivity contribution in [1.29, 1.82) is 0 Å². The second-order valence-corrected chi connectivity index (χ2v) is 4.25. The van der Waals surface area contributed by atoms with Crippen molar-refractivity contribution in [3.8, 4) is 0 Å². The van der Waals surface area contributed by atoms with Gasteiger partial charge < -0.3 is 15.1 Å². The van der Waals surface area contributed by atoms with Crippen molar-refractivity contribution in [2.24, 2.45) is 0 Å². The zero-order valence-corrected chi connectivity index (χ0v) is 10.6. The molecule has 0 atom stereocenters. The lowest BCUT2D eigenvalue weighted by Crippen LogP contribution is -2.23. The van der Waals surface area contributed by atoms with E-state index in [4.69, 9.17) is 10.2 Å². The Morgan fingerprint density at radius 3 is 2.78 bits per heavy atom. The van der Waals surface area contributed by atoms with Gasteiger partial charge in [0.05, 0.1) is 24.2 Å². The van der Waals surface area contributed by atoms with Gasteiger partial charge in [0.15, 0.2) is 0 Å². The van der Waals surface area contributed by atoms with Crippen LogP contribution in [0, 0.1) is 12.7 Å². The molecule has 0 aliphatic carbocycles. The molecule has 0 aliphatic rings. The van der Waals surface area contributed by atoms with E-state index in [-0.39, 0.29) is 5.82 Å². The molecule has 96 valence electrons. The van der Waals surface area contributed by atoms with Gasteiger partial charge in [0.1, 0.15) is 11.6 Å². The van der Waals surface area contributed by atoms with E-state index in [1.54, 1.807) is 19.3 Å². The van der Waals surface area contributed by atoms with Crippen molar-refractivity contribution in [3.63, 3.8) is 0 Å². The summed E-state index contributed by atoms with van der Waals surface area (Å²) in [6.07, 6.45) is 1.64. The smallest absolute Gasteiger partial charge is 0.128 e. The minimum atomic E-state index is -0.273. The summed E-state index contributed by atoms with van der Waals surface area (Å²) in [4.78, 5) is 2.06. The number of furan rings is 1. The average Bonchev–Trinajstić information content (AvgIpc) is 2.84. The molecule has 0 unspecified atom stereocenters. The van der Waals surface area contributed by atoms with Gasteiger partial charge in [-0.15, -0.1) is 0 Å². The summed E-state index contributed by atoms with van der Waals surface area (Å²) in [7, 11) is 0. The lowest BCUT2D eigenvalue weighted by molar-refractivity contribution is 0.503. The number of nitrogens with zero attached hydrogens (tertiary/aromatic N) is 1. The number of halogens is 1. The average molecular weight is 248 g/mol. The number of hydrogen-bond acceptors (Lipinski definition) is 3.